The zero-order valence-corrected chi connectivity index (χ0v) is 28.5. The van der Waals surface area contributed by atoms with Crippen molar-refractivity contribution < 1.29 is 19.1 Å². The van der Waals surface area contributed by atoms with E-state index in [1.54, 1.807) is 0 Å². The Hall–Kier alpha value is -3.74. The molecule has 4 aromatic rings. The topological polar surface area (TPSA) is 76.7 Å². The van der Waals surface area contributed by atoms with E-state index in [9.17, 15) is 9.59 Å². The summed E-state index contributed by atoms with van der Waals surface area (Å²) in [6, 6.07) is 23.9. The Morgan fingerprint density at radius 1 is 0.543 bits per heavy atom. The Bertz CT molecular complexity index is 1650. The van der Waals surface area contributed by atoms with Gasteiger partial charge in [0.25, 0.3) is 0 Å². The third kappa shape index (κ3) is 6.98. The van der Waals surface area contributed by atoms with E-state index >= 15 is 0 Å². The van der Waals surface area contributed by atoms with Crippen LogP contribution in [-0.2, 0) is 9.47 Å². The minimum atomic E-state index is -0.297. The first-order valence-electron chi connectivity index (χ1n) is 16.5. The molecule has 0 aliphatic carbocycles. The highest BCUT2D eigenvalue weighted by atomic mass is 16.5. The summed E-state index contributed by atoms with van der Waals surface area (Å²) < 4.78 is 12.3. The van der Waals surface area contributed by atoms with Crippen LogP contribution < -0.4 is 10.6 Å². The number of esters is 2. The number of nitrogens with one attached hydrogen (secondary N) is 2. The number of benzene rings is 4. The maximum absolute atomic E-state index is 13.6. The summed E-state index contributed by atoms with van der Waals surface area (Å²) in [5.74, 6) is -0.594. The zero-order chi connectivity index (χ0) is 33.1. The normalized spacial score (nSPS) is 20.8. The molecule has 2 aliphatic heterocycles. The molecular formula is C40H48N2O4. The van der Waals surface area contributed by atoms with Crippen molar-refractivity contribution >= 4 is 33.5 Å². The van der Waals surface area contributed by atoms with E-state index < -0.39 is 0 Å². The second-order valence-corrected chi connectivity index (χ2v) is 16.1. The van der Waals surface area contributed by atoms with Gasteiger partial charge in [-0.2, -0.15) is 0 Å². The van der Waals surface area contributed by atoms with Gasteiger partial charge in [0.2, 0.25) is 0 Å². The van der Waals surface area contributed by atoms with E-state index in [0.29, 0.717) is 11.1 Å². The molecule has 4 aromatic carbocycles. The van der Waals surface area contributed by atoms with Gasteiger partial charge in [0.05, 0.1) is 11.1 Å². The lowest BCUT2D eigenvalue weighted by Crippen LogP contribution is -2.59. The van der Waals surface area contributed by atoms with Crippen molar-refractivity contribution in [1.82, 2.24) is 10.6 Å². The third-order valence-electron chi connectivity index (χ3n) is 9.39. The van der Waals surface area contributed by atoms with Crippen molar-refractivity contribution in [2.24, 2.45) is 0 Å². The van der Waals surface area contributed by atoms with Crippen LogP contribution in [0.1, 0.15) is 102 Å². The molecule has 242 valence electrons. The minimum absolute atomic E-state index is 0.124. The third-order valence-corrected chi connectivity index (χ3v) is 9.39. The first-order chi connectivity index (χ1) is 21.5. The minimum Gasteiger partial charge on any atom is -0.459 e. The molecule has 0 spiro atoms. The molecule has 0 radical (unpaired) electrons. The Labute approximate surface area is 273 Å². The molecule has 2 fully saturated rings. The van der Waals surface area contributed by atoms with Crippen molar-refractivity contribution in [2.45, 2.75) is 115 Å². The zero-order valence-electron chi connectivity index (χ0n) is 28.5. The molecule has 2 heterocycles. The second kappa shape index (κ2) is 11.5. The summed E-state index contributed by atoms with van der Waals surface area (Å²) in [7, 11) is 0. The maximum atomic E-state index is 13.6. The van der Waals surface area contributed by atoms with Gasteiger partial charge in [-0.25, -0.2) is 9.59 Å². The summed E-state index contributed by atoms with van der Waals surface area (Å²) in [4.78, 5) is 27.3. The summed E-state index contributed by atoms with van der Waals surface area (Å²) in [5.41, 5.74) is 2.55. The highest BCUT2D eigenvalue weighted by Crippen LogP contribution is 2.35. The van der Waals surface area contributed by atoms with Gasteiger partial charge in [0.15, 0.2) is 0 Å². The quantitative estimate of drug-likeness (QED) is 0.218. The van der Waals surface area contributed by atoms with Gasteiger partial charge in [-0.3, -0.25) is 0 Å². The predicted octanol–water partition coefficient (Wildman–Crippen LogP) is 8.59. The Morgan fingerprint density at radius 3 is 1.24 bits per heavy atom. The van der Waals surface area contributed by atoms with Crippen LogP contribution in [0.25, 0.3) is 32.7 Å². The van der Waals surface area contributed by atoms with Gasteiger partial charge in [0.1, 0.15) is 12.2 Å². The fourth-order valence-electron chi connectivity index (χ4n) is 8.31. The molecule has 0 amide bonds. The largest absolute Gasteiger partial charge is 0.459 e. The average Bonchev–Trinajstić information content (AvgIpc) is 2.92. The Kier molecular flexibility index (Phi) is 8.05. The number of hydrogen-bond donors (Lipinski definition) is 2. The van der Waals surface area contributed by atoms with Crippen LogP contribution in [0.4, 0.5) is 0 Å². The van der Waals surface area contributed by atoms with Crippen molar-refractivity contribution in [3.63, 3.8) is 0 Å². The van der Waals surface area contributed by atoms with Crippen molar-refractivity contribution in [3.05, 3.63) is 83.9 Å². The fourth-order valence-corrected chi connectivity index (χ4v) is 8.31. The standard InChI is InChI=1S/C40H48N2O4/c1-37(2)21-29(22-38(3,4)41-37)45-35(43)31-13-9-11-25-15-17-27(19-33(25)31)28-18-16-26-12-10-14-32(34(26)20-28)36(44)46-30-23-39(5,6)42-40(7,8)24-30/h9-20,29-30,41-42H,21-24H2,1-8H3. The van der Waals surface area contributed by atoms with Crippen LogP contribution in [0.3, 0.4) is 0 Å². The van der Waals surface area contributed by atoms with E-state index in [1.807, 2.05) is 48.5 Å². The number of carbonyl (C=O) groups excluding carboxylic acids is 2. The first kappa shape index (κ1) is 32.2. The van der Waals surface area contributed by atoms with Crippen LogP contribution in [0, 0.1) is 0 Å². The van der Waals surface area contributed by atoms with Gasteiger partial charge in [-0.15, -0.1) is 0 Å². The number of piperidine rings is 2. The molecule has 2 N–H and O–H groups in total. The van der Waals surface area contributed by atoms with Gasteiger partial charge in [0, 0.05) is 47.8 Å². The molecule has 0 atom stereocenters. The first-order valence-corrected chi connectivity index (χ1v) is 16.5. The van der Waals surface area contributed by atoms with Gasteiger partial charge in [-0.1, -0.05) is 48.5 Å². The van der Waals surface area contributed by atoms with Crippen LogP contribution in [-0.4, -0.2) is 46.3 Å². The highest BCUT2D eigenvalue weighted by Gasteiger charge is 2.40. The highest BCUT2D eigenvalue weighted by molar-refractivity contribution is 6.07. The van der Waals surface area contributed by atoms with E-state index in [0.717, 1.165) is 58.4 Å². The summed E-state index contributed by atoms with van der Waals surface area (Å²) in [6.45, 7) is 17.2. The number of ether oxygens (including phenoxy) is 2. The lowest BCUT2D eigenvalue weighted by molar-refractivity contribution is -0.00748. The lowest BCUT2D eigenvalue weighted by Gasteiger charge is -2.46. The molecule has 46 heavy (non-hydrogen) atoms. The summed E-state index contributed by atoms with van der Waals surface area (Å²) >= 11 is 0. The SMILES string of the molecule is CC1(C)CC(OC(=O)c2cccc3ccc(-c4ccc5cccc(C(=O)OC6CC(C)(C)NC(C)(C)C6)c5c4)cc23)CC(C)(C)N1. The van der Waals surface area contributed by atoms with Crippen LogP contribution in [0.15, 0.2) is 72.8 Å². The number of rotatable bonds is 5. The molecule has 6 heteroatoms. The molecule has 0 bridgehead atoms. The number of carbonyl (C=O) groups is 2. The molecule has 0 unspecified atom stereocenters. The number of fused-ring (bicyclic) bond motifs is 2. The molecule has 0 aromatic heterocycles. The van der Waals surface area contributed by atoms with Crippen LogP contribution in [0.2, 0.25) is 0 Å². The van der Waals surface area contributed by atoms with Crippen LogP contribution >= 0.6 is 0 Å². The Morgan fingerprint density at radius 2 is 0.891 bits per heavy atom. The van der Waals surface area contributed by atoms with E-state index in [2.05, 4.69) is 90.3 Å². The Balaban J connectivity index is 1.30. The van der Waals surface area contributed by atoms with Crippen molar-refractivity contribution in [3.8, 4) is 11.1 Å². The van der Waals surface area contributed by atoms with Crippen molar-refractivity contribution in [2.75, 3.05) is 0 Å². The molecule has 2 aliphatic rings. The molecular weight excluding hydrogens is 572 g/mol. The monoisotopic (exact) mass is 620 g/mol. The molecule has 6 rings (SSSR count). The van der Waals surface area contributed by atoms with Gasteiger partial charge < -0.3 is 20.1 Å². The molecule has 0 saturated carbocycles. The smallest absolute Gasteiger partial charge is 0.339 e. The second-order valence-electron chi connectivity index (χ2n) is 16.1. The molecule has 2 saturated heterocycles. The average molecular weight is 621 g/mol. The summed E-state index contributed by atoms with van der Waals surface area (Å²) in [5, 5.41) is 11.0. The van der Waals surface area contributed by atoms with Crippen molar-refractivity contribution in [1.29, 1.82) is 0 Å². The van der Waals surface area contributed by atoms with E-state index in [-0.39, 0.29) is 46.3 Å². The van der Waals surface area contributed by atoms with E-state index in [1.165, 1.54) is 0 Å². The maximum Gasteiger partial charge on any atom is 0.339 e. The van der Waals surface area contributed by atoms with Gasteiger partial charge in [-0.05, 0) is 112 Å². The number of hydrogen-bond acceptors (Lipinski definition) is 6. The molecule has 6 nitrogen and oxygen atoms in total. The van der Waals surface area contributed by atoms with Crippen LogP contribution in [0.5, 0.6) is 0 Å². The lowest BCUT2D eigenvalue weighted by atomic mass is 9.81. The predicted molar refractivity (Wildman–Crippen MR) is 186 cm³/mol. The van der Waals surface area contributed by atoms with Gasteiger partial charge >= 0.3 is 11.9 Å². The van der Waals surface area contributed by atoms with E-state index in [4.69, 9.17) is 9.47 Å². The summed E-state index contributed by atoms with van der Waals surface area (Å²) in [6.07, 6.45) is 2.69. The fraction of sp³-hybridized carbons (Fsp3) is 0.450.